The van der Waals surface area contributed by atoms with Gasteiger partial charge in [0, 0.05) is 11.8 Å². The number of nitrogens with two attached hydrogens (primary N) is 1. The molecule has 0 aliphatic heterocycles. The second kappa shape index (κ2) is 5.93. The summed E-state index contributed by atoms with van der Waals surface area (Å²) in [5, 5.41) is 7.27. The molecule has 0 fully saturated rings. The monoisotopic (exact) mass is 308 g/mol. The van der Waals surface area contributed by atoms with Crippen molar-refractivity contribution in [3.63, 3.8) is 0 Å². The van der Waals surface area contributed by atoms with E-state index in [2.05, 4.69) is 14.9 Å². The molecule has 2 aromatic rings. The van der Waals surface area contributed by atoms with Gasteiger partial charge in [-0.05, 0) is 17.7 Å². The number of thiocarbonyl (C=S) groups is 1. The third kappa shape index (κ3) is 3.97. The lowest BCUT2D eigenvalue weighted by Crippen LogP contribution is -2.16. The molecule has 1 aromatic heterocycles. The highest BCUT2D eigenvalue weighted by molar-refractivity contribution is 7.91. The van der Waals surface area contributed by atoms with Crippen molar-refractivity contribution in [2.75, 3.05) is 4.72 Å². The molecule has 1 aromatic carbocycles. The lowest BCUT2D eigenvalue weighted by atomic mass is 10.1. The van der Waals surface area contributed by atoms with Gasteiger partial charge in [0.05, 0.1) is 5.75 Å². The molecule has 0 aliphatic carbocycles. The molecule has 1 heterocycles. The number of hydrogen-bond acceptors (Lipinski definition) is 5. The quantitative estimate of drug-likeness (QED) is 0.801. The van der Waals surface area contributed by atoms with E-state index in [1.165, 1.54) is 12.3 Å². The van der Waals surface area contributed by atoms with Crippen LogP contribution in [0.5, 0.6) is 0 Å². The van der Waals surface area contributed by atoms with Gasteiger partial charge in [0.15, 0.2) is 5.82 Å². The SMILES string of the molecule is NC(=S)c1ccc(CS(=O)(=O)Nc2cccnn2)cc1. The lowest BCUT2D eigenvalue weighted by Gasteiger charge is -2.07. The number of hydrogen-bond donors (Lipinski definition) is 2. The number of anilines is 1. The summed E-state index contributed by atoms with van der Waals surface area (Å²) in [6.45, 7) is 0. The van der Waals surface area contributed by atoms with E-state index in [1.54, 1.807) is 30.3 Å². The maximum Gasteiger partial charge on any atom is 0.238 e. The Hall–Kier alpha value is -2.06. The van der Waals surface area contributed by atoms with Crippen LogP contribution in [0.25, 0.3) is 0 Å². The molecule has 2 rings (SSSR count). The van der Waals surface area contributed by atoms with E-state index in [-0.39, 0.29) is 16.6 Å². The van der Waals surface area contributed by atoms with Gasteiger partial charge < -0.3 is 5.73 Å². The molecule has 6 nitrogen and oxygen atoms in total. The predicted octanol–water partition coefficient (Wildman–Crippen LogP) is 1.05. The van der Waals surface area contributed by atoms with Crippen LogP contribution in [0.4, 0.5) is 5.82 Å². The van der Waals surface area contributed by atoms with Crippen molar-refractivity contribution >= 4 is 33.0 Å². The number of aromatic nitrogens is 2. The second-order valence-electron chi connectivity index (χ2n) is 4.03. The largest absolute Gasteiger partial charge is 0.389 e. The fraction of sp³-hybridized carbons (Fsp3) is 0.0833. The normalized spacial score (nSPS) is 11.0. The highest BCUT2D eigenvalue weighted by Gasteiger charge is 2.12. The average molecular weight is 308 g/mol. The molecular formula is C12H12N4O2S2. The minimum absolute atomic E-state index is 0.165. The van der Waals surface area contributed by atoms with Crippen molar-refractivity contribution in [3.8, 4) is 0 Å². The van der Waals surface area contributed by atoms with Gasteiger partial charge in [-0.2, -0.15) is 5.10 Å². The van der Waals surface area contributed by atoms with E-state index in [4.69, 9.17) is 18.0 Å². The molecule has 0 bridgehead atoms. The summed E-state index contributed by atoms with van der Waals surface area (Å²) in [5.41, 5.74) is 6.80. The van der Waals surface area contributed by atoms with Crippen LogP contribution in [0.2, 0.25) is 0 Å². The van der Waals surface area contributed by atoms with Crippen LogP contribution in [0.1, 0.15) is 11.1 Å². The highest BCUT2D eigenvalue weighted by atomic mass is 32.2. The molecule has 0 radical (unpaired) electrons. The van der Waals surface area contributed by atoms with Gasteiger partial charge in [-0.25, -0.2) is 8.42 Å². The van der Waals surface area contributed by atoms with Crippen LogP contribution in [-0.4, -0.2) is 23.6 Å². The minimum Gasteiger partial charge on any atom is -0.389 e. The molecular weight excluding hydrogens is 296 g/mol. The summed E-state index contributed by atoms with van der Waals surface area (Å²) in [7, 11) is -3.54. The maximum absolute atomic E-state index is 12.0. The smallest absolute Gasteiger partial charge is 0.238 e. The molecule has 3 N–H and O–H groups in total. The molecule has 20 heavy (non-hydrogen) atoms. The first-order chi connectivity index (χ1) is 9.46. The zero-order valence-corrected chi connectivity index (χ0v) is 12.0. The lowest BCUT2D eigenvalue weighted by molar-refractivity contribution is 0.600. The molecule has 0 saturated carbocycles. The Kier molecular flexibility index (Phi) is 4.26. The first-order valence-corrected chi connectivity index (χ1v) is 7.69. The van der Waals surface area contributed by atoms with Crippen LogP contribution in [0.15, 0.2) is 42.6 Å². The first-order valence-electron chi connectivity index (χ1n) is 5.63. The zero-order valence-electron chi connectivity index (χ0n) is 10.4. The molecule has 0 aliphatic rings. The minimum atomic E-state index is -3.54. The number of rotatable bonds is 5. The number of nitrogens with one attached hydrogen (secondary N) is 1. The van der Waals surface area contributed by atoms with E-state index in [0.29, 0.717) is 11.1 Å². The summed E-state index contributed by atoms with van der Waals surface area (Å²) < 4.78 is 26.3. The summed E-state index contributed by atoms with van der Waals surface area (Å²) in [5.74, 6) is 0.0218. The van der Waals surface area contributed by atoms with E-state index in [9.17, 15) is 8.42 Å². The van der Waals surface area contributed by atoms with Crippen LogP contribution in [0.3, 0.4) is 0 Å². The zero-order chi connectivity index (χ0) is 14.6. The van der Waals surface area contributed by atoms with Crippen molar-refractivity contribution in [2.24, 2.45) is 5.73 Å². The van der Waals surface area contributed by atoms with Crippen molar-refractivity contribution in [3.05, 3.63) is 53.7 Å². The predicted molar refractivity (Wildman–Crippen MR) is 80.6 cm³/mol. The Morgan fingerprint density at radius 3 is 2.50 bits per heavy atom. The summed E-state index contributed by atoms with van der Waals surface area (Å²) in [6, 6.07) is 9.85. The highest BCUT2D eigenvalue weighted by Crippen LogP contribution is 2.11. The third-order valence-corrected chi connectivity index (χ3v) is 3.90. The van der Waals surface area contributed by atoms with Crippen LogP contribution in [0, 0.1) is 0 Å². The summed E-state index contributed by atoms with van der Waals surface area (Å²) in [4.78, 5) is 0.275. The van der Waals surface area contributed by atoms with Crippen molar-refractivity contribution in [1.29, 1.82) is 0 Å². The number of sulfonamides is 1. The number of nitrogens with zero attached hydrogens (tertiary/aromatic N) is 2. The standard InChI is InChI=1S/C12H12N4O2S2/c13-12(19)10-5-3-9(4-6-10)8-20(17,18)16-11-2-1-7-14-15-11/h1-7H,8H2,(H2,13,19)(H,15,16). The van der Waals surface area contributed by atoms with E-state index in [0.717, 1.165) is 0 Å². The van der Waals surface area contributed by atoms with Gasteiger partial charge in [-0.1, -0.05) is 36.5 Å². The van der Waals surface area contributed by atoms with E-state index in [1.807, 2.05) is 0 Å². The summed E-state index contributed by atoms with van der Waals surface area (Å²) >= 11 is 4.83. The Morgan fingerprint density at radius 2 is 1.95 bits per heavy atom. The molecule has 0 spiro atoms. The molecule has 0 amide bonds. The molecule has 0 atom stereocenters. The number of benzene rings is 1. The van der Waals surface area contributed by atoms with Crippen LogP contribution in [-0.2, 0) is 15.8 Å². The second-order valence-corrected chi connectivity index (χ2v) is 6.19. The third-order valence-electron chi connectivity index (χ3n) is 2.43. The summed E-state index contributed by atoms with van der Waals surface area (Å²) in [6.07, 6.45) is 1.46. The Bertz CT molecular complexity index is 700. The molecule has 0 saturated heterocycles. The van der Waals surface area contributed by atoms with E-state index >= 15 is 0 Å². The maximum atomic E-state index is 12.0. The Balaban J connectivity index is 2.10. The van der Waals surface area contributed by atoms with Crippen molar-refractivity contribution in [2.45, 2.75) is 5.75 Å². The van der Waals surface area contributed by atoms with Crippen molar-refractivity contribution in [1.82, 2.24) is 10.2 Å². The van der Waals surface area contributed by atoms with Gasteiger partial charge in [-0.15, -0.1) is 5.10 Å². The van der Waals surface area contributed by atoms with Crippen molar-refractivity contribution < 1.29 is 8.42 Å². The molecule has 8 heteroatoms. The van der Waals surface area contributed by atoms with E-state index < -0.39 is 10.0 Å². The topological polar surface area (TPSA) is 98.0 Å². The van der Waals surface area contributed by atoms with Gasteiger partial charge >= 0.3 is 0 Å². The van der Waals surface area contributed by atoms with Gasteiger partial charge in [0.25, 0.3) is 0 Å². The van der Waals surface area contributed by atoms with Gasteiger partial charge in [0.2, 0.25) is 10.0 Å². The van der Waals surface area contributed by atoms with Gasteiger partial charge in [0.1, 0.15) is 4.99 Å². The fourth-order valence-electron chi connectivity index (χ4n) is 1.54. The first kappa shape index (κ1) is 14.4. The van der Waals surface area contributed by atoms with Gasteiger partial charge in [-0.3, -0.25) is 4.72 Å². The van der Waals surface area contributed by atoms with Crippen LogP contribution < -0.4 is 10.5 Å². The molecule has 104 valence electrons. The Morgan fingerprint density at radius 1 is 1.25 bits per heavy atom. The molecule has 0 unspecified atom stereocenters. The fourth-order valence-corrected chi connectivity index (χ4v) is 2.80. The average Bonchev–Trinajstić information content (AvgIpc) is 2.39. The Labute approximate surface area is 122 Å². The van der Waals surface area contributed by atoms with Crippen LogP contribution >= 0.6 is 12.2 Å².